The van der Waals surface area contributed by atoms with Crippen molar-refractivity contribution >= 4 is 22.6 Å². The maximum Gasteiger partial charge on any atom is 0.247 e. The summed E-state index contributed by atoms with van der Waals surface area (Å²) in [6.45, 7) is 2.10. The second kappa shape index (κ2) is 10.5. The number of anilines is 1. The largest absolute Gasteiger partial charge is 0.372 e. The summed E-state index contributed by atoms with van der Waals surface area (Å²) >= 11 is 0. The Labute approximate surface area is 210 Å². The number of aliphatic hydroxyl groups excluding tert-OH is 1. The SMILES string of the molecule is Cc1ccccc1C(C(=O)NC1CCCC1)N(c1cccc(F)c1)C(O)Cn1cnc2ccccc21. The van der Waals surface area contributed by atoms with Crippen molar-refractivity contribution in [2.45, 2.75) is 57.5 Å². The number of benzene rings is 3. The van der Waals surface area contributed by atoms with Crippen molar-refractivity contribution in [1.82, 2.24) is 14.9 Å². The molecule has 0 aliphatic heterocycles. The number of fused-ring (bicyclic) bond motifs is 1. The Kier molecular flexibility index (Phi) is 7.00. The van der Waals surface area contributed by atoms with E-state index in [4.69, 9.17) is 0 Å². The number of carbonyl (C=O) groups is 1. The zero-order chi connectivity index (χ0) is 25.1. The van der Waals surface area contributed by atoms with Gasteiger partial charge in [-0.2, -0.15) is 0 Å². The molecule has 5 rings (SSSR count). The minimum Gasteiger partial charge on any atom is -0.372 e. The van der Waals surface area contributed by atoms with Gasteiger partial charge in [-0.3, -0.25) is 4.79 Å². The van der Waals surface area contributed by atoms with Gasteiger partial charge in [-0.25, -0.2) is 9.37 Å². The summed E-state index contributed by atoms with van der Waals surface area (Å²) in [5.41, 5.74) is 3.81. The Morgan fingerprint density at radius 1 is 1.11 bits per heavy atom. The fraction of sp³-hybridized carbons (Fsp3) is 0.310. The van der Waals surface area contributed by atoms with E-state index in [0.29, 0.717) is 5.69 Å². The van der Waals surface area contributed by atoms with Crippen LogP contribution in [-0.4, -0.2) is 32.8 Å². The van der Waals surface area contributed by atoms with Crippen LogP contribution in [0.2, 0.25) is 0 Å². The molecule has 0 spiro atoms. The maximum absolute atomic E-state index is 14.4. The van der Waals surface area contributed by atoms with Gasteiger partial charge in [0.2, 0.25) is 5.91 Å². The molecule has 1 aliphatic rings. The van der Waals surface area contributed by atoms with Crippen molar-refractivity contribution in [2.75, 3.05) is 4.90 Å². The molecule has 1 heterocycles. The summed E-state index contributed by atoms with van der Waals surface area (Å²) in [6, 6.07) is 20.6. The number of para-hydroxylation sites is 2. The lowest BCUT2D eigenvalue weighted by Gasteiger charge is -2.38. The summed E-state index contributed by atoms with van der Waals surface area (Å²) in [5, 5.41) is 14.9. The van der Waals surface area contributed by atoms with E-state index in [1.807, 2.05) is 60.0 Å². The first-order chi connectivity index (χ1) is 17.5. The molecule has 1 amide bonds. The number of nitrogens with one attached hydrogen (secondary N) is 1. The number of hydrogen-bond acceptors (Lipinski definition) is 4. The number of aliphatic hydroxyl groups is 1. The molecule has 1 aliphatic carbocycles. The van der Waals surface area contributed by atoms with Crippen LogP contribution in [0.4, 0.5) is 10.1 Å². The summed E-state index contributed by atoms with van der Waals surface area (Å²) in [7, 11) is 0. The predicted octanol–water partition coefficient (Wildman–Crippen LogP) is 5.11. The van der Waals surface area contributed by atoms with Crippen LogP contribution in [-0.2, 0) is 11.3 Å². The highest BCUT2D eigenvalue weighted by atomic mass is 19.1. The van der Waals surface area contributed by atoms with Gasteiger partial charge in [-0.1, -0.05) is 55.3 Å². The third-order valence-corrected chi connectivity index (χ3v) is 7.03. The van der Waals surface area contributed by atoms with Gasteiger partial charge in [0.1, 0.15) is 18.1 Å². The number of halogens is 1. The van der Waals surface area contributed by atoms with Crippen molar-refractivity contribution in [2.24, 2.45) is 0 Å². The molecule has 36 heavy (non-hydrogen) atoms. The lowest BCUT2D eigenvalue weighted by molar-refractivity contribution is -0.124. The fourth-order valence-corrected chi connectivity index (χ4v) is 5.21. The molecule has 2 N–H and O–H groups in total. The number of rotatable bonds is 8. The van der Waals surface area contributed by atoms with E-state index in [-0.39, 0.29) is 18.5 Å². The average molecular weight is 487 g/mol. The molecule has 0 bridgehead atoms. The van der Waals surface area contributed by atoms with Gasteiger partial charge in [0.05, 0.1) is 23.9 Å². The smallest absolute Gasteiger partial charge is 0.247 e. The van der Waals surface area contributed by atoms with Crippen LogP contribution in [0.5, 0.6) is 0 Å². The van der Waals surface area contributed by atoms with E-state index in [2.05, 4.69) is 10.3 Å². The van der Waals surface area contributed by atoms with Gasteiger partial charge in [0.15, 0.2) is 0 Å². The molecule has 2 unspecified atom stereocenters. The zero-order valence-electron chi connectivity index (χ0n) is 20.3. The molecule has 7 heteroatoms. The topological polar surface area (TPSA) is 70.4 Å². The Morgan fingerprint density at radius 3 is 2.64 bits per heavy atom. The van der Waals surface area contributed by atoms with Crippen molar-refractivity contribution in [3.05, 3.63) is 96.1 Å². The first-order valence-electron chi connectivity index (χ1n) is 12.5. The third kappa shape index (κ3) is 4.97. The Hall–Kier alpha value is -3.71. The Bertz CT molecular complexity index is 1350. The first kappa shape index (κ1) is 24.0. The average Bonchev–Trinajstić information content (AvgIpc) is 3.53. The molecule has 2 atom stereocenters. The second-order valence-corrected chi connectivity index (χ2v) is 9.50. The van der Waals surface area contributed by atoms with Crippen LogP contribution >= 0.6 is 0 Å². The minimum absolute atomic E-state index is 0.105. The first-order valence-corrected chi connectivity index (χ1v) is 12.5. The number of amides is 1. The lowest BCUT2D eigenvalue weighted by Crippen LogP contribution is -2.49. The Balaban J connectivity index is 1.58. The van der Waals surface area contributed by atoms with E-state index in [1.54, 1.807) is 23.4 Å². The van der Waals surface area contributed by atoms with Crippen LogP contribution in [0, 0.1) is 12.7 Å². The van der Waals surface area contributed by atoms with E-state index in [9.17, 15) is 14.3 Å². The van der Waals surface area contributed by atoms with Crippen LogP contribution < -0.4 is 10.2 Å². The minimum atomic E-state index is -1.14. The van der Waals surface area contributed by atoms with Crippen molar-refractivity contribution < 1.29 is 14.3 Å². The third-order valence-electron chi connectivity index (χ3n) is 7.03. The van der Waals surface area contributed by atoms with Crippen LogP contribution in [0.3, 0.4) is 0 Å². The van der Waals surface area contributed by atoms with Gasteiger partial charge < -0.3 is 19.9 Å². The molecular weight excluding hydrogens is 455 g/mol. The second-order valence-electron chi connectivity index (χ2n) is 9.50. The molecule has 1 aromatic heterocycles. The van der Waals surface area contributed by atoms with Gasteiger partial charge in [-0.15, -0.1) is 0 Å². The van der Waals surface area contributed by atoms with E-state index < -0.39 is 18.1 Å². The number of aromatic nitrogens is 2. The number of hydrogen-bond donors (Lipinski definition) is 2. The van der Waals surface area contributed by atoms with E-state index in [1.165, 1.54) is 12.1 Å². The number of carbonyl (C=O) groups excluding carboxylic acids is 1. The summed E-state index contributed by atoms with van der Waals surface area (Å²) < 4.78 is 16.3. The molecular formula is C29H31FN4O2. The normalized spacial score (nSPS) is 15.6. The molecule has 1 saturated carbocycles. The standard InChI is InChI=1S/C29H31FN4O2/c1-20-9-2-5-14-24(20)28(29(36)32-22-11-3-4-12-22)34(23-13-8-10-21(30)17-23)27(35)18-33-19-31-25-15-6-7-16-26(25)33/h2,5-10,13-17,19,22,27-28,35H,3-4,11-12,18H2,1H3,(H,32,36). The zero-order valence-corrected chi connectivity index (χ0v) is 20.3. The molecule has 186 valence electrons. The van der Waals surface area contributed by atoms with E-state index >= 15 is 0 Å². The molecule has 0 radical (unpaired) electrons. The van der Waals surface area contributed by atoms with Gasteiger partial charge in [0.25, 0.3) is 0 Å². The monoisotopic (exact) mass is 486 g/mol. The highest BCUT2D eigenvalue weighted by Crippen LogP contribution is 2.33. The van der Waals surface area contributed by atoms with Gasteiger partial charge in [-0.05, 0) is 61.2 Å². The van der Waals surface area contributed by atoms with Crippen molar-refractivity contribution in [1.29, 1.82) is 0 Å². The van der Waals surface area contributed by atoms with Crippen molar-refractivity contribution in [3.63, 3.8) is 0 Å². The molecule has 3 aromatic carbocycles. The highest BCUT2D eigenvalue weighted by molar-refractivity contribution is 5.87. The summed E-state index contributed by atoms with van der Waals surface area (Å²) in [5.74, 6) is -0.632. The number of nitrogens with zero attached hydrogens (tertiary/aromatic N) is 3. The van der Waals surface area contributed by atoms with Crippen LogP contribution in [0.1, 0.15) is 42.9 Å². The van der Waals surface area contributed by atoms with Crippen molar-refractivity contribution in [3.8, 4) is 0 Å². The van der Waals surface area contributed by atoms with E-state index in [0.717, 1.165) is 47.8 Å². The summed E-state index contributed by atoms with van der Waals surface area (Å²) in [6.07, 6.45) is 4.60. The maximum atomic E-state index is 14.4. The fourth-order valence-electron chi connectivity index (χ4n) is 5.21. The molecule has 4 aromatic rings. The Morgan fingerprint density at radius 2 is 1.86 bits per heavy atom. The van der Waals surface area contributed by atoms with Gasteiger partial charge in [0, 0.05) is 11.7 Å². The van der Waals surface area contributed by atoms with Crippen LogP contribution in [0.25, 0.3) is 11.0 Å². The molecule has 1 fully saturated rings. The molecule has 0 saturated heterocycles. The highest BCUT2D eigenvalue weighted by Gasteiger charge is 2.35. The number of imidazole rings is 1. The quantitative estimate of drug-likeness (QED) is 0.340. The molecule has 6 nitrogen and oxygen atoms in total. The van der Waals surface area contributed by atoms with Crippen LogP contribution in [0.15, 0.2) is 79.1 Å². The number of aryl methyl sites for hydroxylation is 1. The summed E-state index contributed by atoms with van der Waals surface area (Å²) in [4.78, 5) is 20.0. The lowest BCUT2D eigenvalue weighted by atomic mass is 9.97. The van der Waals surface area contributed by atoms with Gasteiger partial charge >= 0.3 is 0 Å². The predicted molar refractivity (Wildman–Crippen MR) is 139 cm³/mol.